The number of hydrogen-bond donors (Lipinski definition) is 3. The summed E-state index contributed by atoms with van der Waals surface area (Å²) in [5, 5.41) is 12.1. The van der Waals surface area contributed by atoms with Gasteiger partial charge in [0.15, 0.2) is 27.8 Å². The number of aryl methyl sites for hydroxylation is 1. The average Bonchev–Trinajstić information content (AvgIpc) is 3.50. The van der Waals surface area contributed by atoms with Gasteiger partial charge in [-0.3, -0.25) is 5.41 Å². The van der Waals surface area contributed by atoms with Crippen molar-refractivity contribution in [3.8, 4) is 11.5 Å². The van der Waals surface area contributed by atoms with Crippen LogP contribution in [-0.2, 0) is 11.3 Å². The fourth-order valence-corrected chi connectivity index (χ4v) is 7.06. The first-order valence-corrected chi connectivity index (χ1v) is 15.3. The van der Waals surface area contributed by atoms with E-state index in [9.17, 15) is 4.79 Å². The number of imidazole rings is 1. The molecule has 204 valence electrons. The predicted octanol–water partition coefficient (Wildman–Crippen LogP) is 5.31. The van der Waals surface area contributed by atoms with Crippen molar-refractivity contribution in [2.24, 2.45) is 5.92 Å². The van der Waals surface area contributed by atoms with Gasteiger partial charge in [-0.2, -0.15) is 11.8 Å². The summed E-state index contributed by atoms with van der Waals surface area (Å²) in [6.45, 7) is 6.41. The first kappa shape index (κ1) is 27.2. The lowest BCUT2D eigenvalue weighted by Gasteiger charge is -2.32. The summed E-state index contributed by atoms with van der Waals surface area (Å²) in [5.74, 6) is 3.97. The van der Waals surface area contributed by atoms with E-state index in [-0.39, 0.29) is 24.4 Å². The van der Waals surface area contributed by atoms with Crippen molar-refractivity contribution < 1.29 is 19.0 Å². The van der Waals surface area contributed by atoms with E-state index in [4.69, 9.17) is 24.6 Å². The van der Waals surface area contributed by atoms with Crippen molar-refractivity contribution in [3.05, 3.63) is 28.4 Å². The minimum Gasteiger partial charge on any atom is -0.454 e. The number of aromatic amines is 1. The van der Waals surface area contributed by atoms with Crippen LogP contribution < -0.4 is 20.3 Å². The highest BCUT2D eigenvalue weighted by atomic mass is 79.9. The summed E-state index contributed by atoms with van der Waals surface area (Å²) < 4.78 is 19.3. The minimum absolute atomic E-state index is 0.0265. The van der Waals surface area contributed by atoms with Gasteiger partial charge in [0.1, 0.15) is 11.1 Å². The van der Waals surface area contributed by atoms with Crippen LogP contribution in [0.15, 0.2) is 33.0 Å². The van der Waals surface area contributed by atoms with Crippen LogP contribution in [0.2, 0.25) is 0 Å². The van der Waals surface area contributed by atoms with Crippen LogP contribution >= 0.6 is 39.5 Å². The van der Waals surface area contributed by atoms with Gasteiger partial charge in [-0.15, -0.1) is 0 Å². The third-order valence-electron chi connectivity index (χ3n) is 6.35. The molecule has 0 radical (unpaired) electrons. The summed E-state index contributed by atoms with van der Waals surface area (Å²) in [6.07, 6.45) is 4.09. The number of rotatable bonds is 7. The number of halogens is 1. The molecule has 4 heterocycles. The van der Waals surface area contributed by atoms with Crippen LogP contribution in [0.3, 0.4) is 0 Å². The number of ether oxygens (including phenoxy) is 3. The van der Waals surface area contributed by atoms with E-state index in [0.29, 0.717) is 46.7 Å². The van der Waals surface area contributed by atoms with E-state index in [0.717, 1.165) is 33.7 Å². The van der Waals surface area contributed by atoms with E-state index in [1.54, 1.807) is 6.33 Å². The number of alkyl carbamates (subject to hydrolysis) is 1. The highest BCUT2D eigenvalue weighted by molar-refractivity contribution is 9.10. The third-order valence-corrected chi connectivity index (χ3v) is 9.26. The molecule has 0 saturated carbocycles. The lowest BCUT2D eigenvalue weighted by Crippen LogP contribution is -2.44. The minimum atomic E-state index is -0.554. The Labute approximate surface area is 237 Å². The summed E-state index contributed by atoms with van der Waals surface area (Å²) in [7, 11) is 0. The maximum atomic E-state index is 12.6. The molecule has 1 aromatic carbocycles. The van der Waals surface area contributed by atoms with Crippen molar-refractivity contribution in [1.29, 1.82) is 5.41 Å². The normalized spacial score (nSPS) is 16.5. The molecule has 3 N–H and O–H groups in total. The Morgan fingerprint density at radius 2 is 2.08 bits per heavy atom. The molecule has 0 aliphatic carbocycles. The summed E-state index contributed by atoms with van der Waals surface area (Å²) in [4.78, 5) is 25.9. The standard InChI is InChI=1S/C25H31BrN6O4S2/c1-25(2,3)36-24(33)29-16(14-5-8-37-9-6-14)4-7-32-12-28-21(27)20-22(32)31-23(30-20)38-19-11-18-17(10-15(19)26)34-13-35-18/h10-12,14,16,27H,4-9,13H2,1-3H3,(H,29,33)(H,30,31). The largest absolute Gasteiger partial charge is 0.454 e. The van der Waals surface area contributed by atoms with Crippen LogP contribution in [-0.4, -0.2) is 55.6 Å². The van der Waals surface area contributed by atoms with E-state index in [2.05, 4.69) is 31.2 Å². The van der Waals surface area contributed by atoms with Gasteiger partial charge in [0.25, 0.3) is 0 Å². The molecular weight excluding hydrogens is 592 g/mol. The molecule has 1 atom stereocenters. The number of hydrogen-bond acceptors (Lipinski definition) is 9. The highest BCUT2D eigenvalue weighted by Gasteiger charge is 2.28. The van der Waals surface area contributed by atoms with Gasteiger partial charge in [0.2, 0.25) is 6.79 Å². The van der Waals surface area contributed by atoms with Crippen molar-refractivity contribution in [2.75, 3.05) is 18.3 Å². The molecule has 1 fully saturated rings. The maximum absolute atomic E-state index is 12.6. The SMILES string of the molecule is CC(C)(C)OC(=O)NC(CCn1cnc(=N)c2[nH]c(Sc3cc4c(cc3Br)OCO4)nc21)C1CCSCC1. The average molecular weight is 624 g/mol. The van der Waals surface area contributed by atoms with Crippen LogP contribution in [0.25, 0.3) is 11.2 Å². The molecule has 13 heteroatoms. The van der Waals surface area contributed by atoms with Gasteiger partial charge in [-0.25, -0.2) is 14.8 Å². The topological polar surface area (TPSA) is 127 Å². The number of benzene rings is 1. The highest BCUT2D eigenvalue weighted by Crippen LogP contribution is 2.42. The maximum Gasteiger partial charge on any atom is 0.407 e. The van der Waals surface area contributed by atoms with Crippen LogP contribution in [0.4, 0.5) is 4.79 Å². The van der Waals surface area contributed by atoms with Gasteiger partial charge in [0.05, 0.1) is 6.33 Å². The van der Waals surface area contributed by atoms with Gasteiger partial charge < -0.3 is 29.1 Å². The fourth-order valence-electron chi connectivity index (χ4n) is 4.54. The Morgan fingerprint density at radius 3 is 2.82 bits per heavy atom. The predicted molar refractivity (Wildman–Crippen MR) is 150 cm³/mol. The number of amides is 1. The van der Waals surface area contributed by atoms with Crippen LogP contribution in [0.5, 0.6) is 11.5 Å². The van der Waals surface area contributed by atoms with Crippen molar-refractivity contribution in [1.82, 2.24) is 24.8 Å². The Balaban J connectivity index is 1.35. The molecule has 38 heavy (non-hydrogen) atoms. The molecule has 3 aromatic rings. The summed E-state index contributed by atoms with van der Waals surface area (Å²) in [6, 6.07) is 3.77. The fraction of sp³-hybridized carbons (Fsp3) is 0.520. The monoisotopic (exact) mass is 622 g/mol. The van der Waals surface area contributed by atoms with E-state index in [1.165, 1.54) is 11.8 Å². The van der Waals surface area contributed by atoms with Gasteiger partial charge in [0, 0.05) is 22.0 Å². The van der Waals surface area contributed by atoms with Crippen LogP contribution in [0.1, 0.15) is 40.0 Å². The molecule has 2 aliphatic rings. The third kappa shape index (κ3) is 6.42. The number of nitrogens with one attached hydrogen (secondary N) is 3. The number of thioether (sulfide) groups is 1. The lowest BCUT2D eigenvalue weighted by molar-refractivity contribution is 0.0478. The zero-order valence-corrected chi connectivity index (χ0v) is 24.7. The first-order chi connectivity index (χ1) is 18.2. The second kappa shape index (κ2) is 11.4. The Bertz CT molecular complexity index is 1380. The molecule has 10 nitrogen and oxygen atoms in total. The van der Waals surface area contributed by atoms with E-state index in [1.807, 2.05) is 49.2 Å². The molecule has 1 amide bonds. The number of nitrogens with zero attached hydrogens (tertiary/aromatic N) is 3. The molecule has 5 rings (SSSR count). The molecule has 2 aliphatic heterocycles. The smallest absolute Gasteiger partial charge is 0.407 e. The molecule has 1 saturated heterocycles. The summed E-state index contributed by atoms with van der Waals surface area (Å²) >= 11 is 6.99. The van der Waals surface area contributed by atoms with E-state index < -0.39 is 5.60 Å². The van der Waals surface area contributed by atoms with Gasteiger partial charge >= 0.3 is 6.09 Å². The number of aromatic nitrogens is 4. The van der Waals surface area contributed by atoms with Gasteiger partial charge in [-0.05, 0) is 85.5 Å². The van der Waals surface area contributed by atoms with Crippen LogP contribution in [0, 0.1) is 11.3 Å². The number of H-pyrrole nitrogens is 1. The molecular formula is C25H31BrN6O4S2. The Kier molecular flexibility index (Phi) is 8.15. The Morgan fingerprint density at radius 1 is 1.34 bits per heavy atom. The van der Waals surface area contributed by atoms with E-state index >= 15 is 0 Å². The lowest BCUT2D eigenvalue weighted by atomic mass is 9.91. The number of fused-ring (bicyclic) bond motifs is 2. The Hall–Kier alpha value is -2.38. The molecule has 2 aromatic heterocycles. The zero-order chi connectivity index (χ0) is 26.9. The quantitative estimate of drug-likeness (QED) is 0.323. The first-order valence-electron chi connectivity index (χ1n) is 12.5. The van der Waals surface area contributed by atoms with Crippen molar-refractivity contribution >= 4 is 56.7 Å². The second-order valence-corrected chi connectivity index (χ2v) is 13.4. The molecule has 1 unspecified atom stereocenters. The summed E-state index contributed by atoms with van der Waals surface area (Å²) in [5.41, 5.74) is 0.798. The molecule has 0 bridgehead atoms. The number of carbonyl (C=O) groups is 1. The van der Waals surface area contributed by atoms with Gasteiger partial charge in [-0.1, -0.05) is 11.8 Å². The number of carbonyl (C=O) groups excluding carboxylic acids is 1. The van der Waals surface area contributed by atoms with Crippen molar-refractivity contribution in [2.45, 2.75) is 68.3 Å². The zero-order valence-electron chi connectivity index (χ0n) is 21.5. The molecule has 0 spiro atoms. The van der Waals surface area contributed by atoms with Crippen molar-refractivity contribution in [3.63, 3.8) is 0 Å². The second-order valence-electron chi connectivity index (χ2n) is 10.3.